The highest BCUT2D eigenvalue weighted by atomic mass is 32.2. The molecule has 4 nitrogen and oxygen atoms in total. The molecule has 2 heterocycles. The van der Waals surface area contributed by atoms with Gasteiger partial charge in [0.15, 0.2) is 0 Å². The quantitative estimate of drug-likeness (QED) is 0.649. The van der Waals surface area contributed by atoms with E-state index in [-0.39, 0.29) is 23.4 Å². The molecule has 0 unspecified atom stereocenters. The van der Waals surface area contributed by atoms with Crippen LogP contribution in [-0.4, -0.2) is 47.4 Å². The lowest BCUT2D eigenvalue weighted by molar-refractivity contribution is -0.140. The molecule has 2 fully saturated rings. The third kappa shape index (κ3) is 1.44. The Bertz CT molecular complexity index is 259. The van der Waals surface area contributed by atoms with Crippen molar-refractivity contribution in [3.8, 4) is 0 Å². The van der Waals surface area contributed by atoms with Crippen molar-refractivity contribution in [2.75, 3.05) is 12.8 Å². The van der Waals surface area contributed by atoms with E-state index < -0.39 is 0 Å². The van der Waals surface area contributed by atoms with Crippen molar-refractivity contribution in [3.63, 3.8) is 0 Å². The van der Waals surface area contributed by atoms with Gasteiger partial charge in [-0.05, 0) is 19.9 Å². The number of carbonyl (C=O) groups excluding carboxylic acids is 2. The Morgan fingerprint density at radius 1 is 1.57 bits per heavy atom. The van der Waals surface area contributed by atoms with Crippen molar-refractivity contribution >= 4 is 24.0 Å². The van der Waals surface area contributed by atoms with E-state index in [0.29, 0.717) is 0 Å². The van der Waals surface area contributed by atoms with E-state index in [9.17, 15) is 9.59 Å². The molecule has 0 aromatic rings. The van der Waals surface area contributed by atoms with E-state index in [4.69, 9.17) is 0 Å². The first-order valence-electron chi connectivity index (χ1n) is 4.84. The maximum Gasteiger partial charge on any atom is 0.241 e. The summed E-state index contributed by atoms with van der Waals surface area (Å²) in [5.41, 5.74) is 0. The molecule has 2 aliphatic heterocycles. The van der Waals surface area contributed by atoms with Crippen LogP contribution in [0.15, 0.2) is 0 Å². The normalized spacial score (nSPS) is 37.1. The minimum atomic E-state index is -0.200. The third-order valence-corrected chi connectivity index (χ3v) is 4.27. The molecular formula is C9H14N2O2S. The van der Waals surface area contributed by atoms with Crippen LogP contribution >= 0.6 is 11.8 Å². The van der Waals surface area contributed by atoms with Gasteiger partial charge >= 0.3 is 0 Å². The maximum absolute atomic E-state index is 11.9. The monoisotopic (exact) mass is 214 g/mol. The number of thioether (sulfide) groups is 1. The van der Waals surface area contributed by atoms with E-state index in [1.165, 1.54) is 0 Å². The zero-order valence-electron chi connectivity index (χ0n) is 8.10. The summed E-state index contributed by atoms with van der Waals surface area (Å²) < 4.78 is 0. The number of likely N-dealkylation sites (N-methyl/N-ethyl adjacent to an activating group) is 1. The van der Waals surface area contributed by atoms with Crippen LogP contribution in [0.5, 0.6) is 0 Å². The molecule has 0 radical (unpaired) electrons. The Morgan fingerprint density at radius 2 is 2.36 bits per heavy atom. The second kappa shape index (κ2) is 3.90. The van der Waals surface area contributed by atoms with Gasteiger partial charge in [0, 0.05) is 5.75 Å². The molecule has 2 rings (SSSR count). The number of fused-ring (bicyclic) bond motifs is 1. The van der Waals surface area contributed by atoms with Crippen molar-refractivity contribution in [3.05, 3.63) is 0 Å². The highest BCUT2D eigenvalue weighted by molar-refractivity contribution is 8.00. The molecule has 2 aliphatic rings. The van der Waals surface area contributed by atoms with Crippen molar-refractivity contribution < 1.29 is 9.59 Å². The first-order chi connectivity index (χ1) is 6.77. The minimum Gasteiger partial charge on any atom is -0.319 e. The molecule has 5 heteroatoms. The number of hydrogen-bond donors (Lipinski definition) is 1. The van der Waals surface area contributed by atoms with Gasteiger partial charge in [0.25, 0.3) is 0 Å². The lowest BCUT2D eigenvalue weighted by Crippen LogP contribution is -2.54. The molecule has 0 aromatic heterocycles. The Kier molecular flexibility index (Phi) is 2.78. The maximum atomic E-state index is 11.9. The standard InChI is InChI=1S/C9H14N2O2S/c1-10-7-2-3-8-11(9(7)13)6(4-12)5-14-8/h4,6-8,10H,2-3,5H2,1H3/t6-,7+,8+/m0/s1. The molecule has 1 N–H and O–H groups in total. The predicted molar refractivity (Wildman–Crippen MR) is 55.0 cm³/mol. The summed E-state index contributed by atoms with van der Waals surface area (Å²) in [5, 5.41) is 3.23. The van der Waals surface area contributed by atoms with Gasteiger partial charge in [-0.25, -0.2) is 0 Å². The molecule has 78 valence electrons. The molecule has 14 heavy (non-hydrogen) atoms. The lowest BCUT2D eigenvalue weighted by Gasteiger charge is -2.35. The largest absolute Gasteiger partial charge is 0.319 e. The molecule has 0 saturated carbocycles. The van der Waals surface area contributed by atoms with Gasteiger partial charge in [-0.15, -0.1) is 11.8 Å². The van der Waals surface area contributed by atoms with Crippen LogP contribution in [-0.2, 0) is 9.59 Å². The van der Waals surface area contributed by atoms with E-state index in [1.807, 2.05) is 0 Å². The van der Waals surface area contributed by atoms with E-state index in [0.717, 1.165) is 24.9 Å². The third-order valence-electron chi connectivity index (χ3n) is 2.89. The van der Waals surface area contributed by atoms with Crippen LogP contribution in [0.4, 0.5) is 0 Å². The molecular weight excluding hydrogens is 200 g/mol. The van der Waals surface area contributed by atoms with Crippen LogP contribution < -0.4 is 5.32 Å². The van der Waals surface area contributed by atoms with Gasteiger partial charge in [0.1, 0.15) is 6.29 Å². The summed E-state index contributed by atoms with van der Waals surface area (Å²) in [6.07, 6.45) is 2.77. The number of aldehydes is 1. The fourth-order valence-corrected chi connectivity index (χ4v) is 3.48. The van der Waals surface area contributed by atoms with Crippen LogP contribution in [0, 0.1) is 0 Å². The number of nitrogens with zero attached hydrogens (tertiary/aromatic N) is 1. The second-order valence-corrected chi connectivity index (χ2v) is 4.87. The van der Waals surface area contributed by atoms with Gasteiger partial charge in [-0.2, -0.15) is 0 Å². The molecule has 0 aliphatic carbocycles. The Balaban J connectivity index is 2.16. The van der Waals surface area contributed by atoms with E-state index in [1.54, 1.807) is 23.7 Å². The van der Waals surface area contributed by atoms with Crippen molar-refractivity contribution in [2.45, 2.75) is 30.3 Å². The van der Waals surface area contributed by atoms with Crippen molar-refractivity contribution in [1.82, 2.24) is 10.2 Å². The number of rotatable bonds is 2. The number of hydrogen-bond acceptors (Lipinski definition) is 4. The van der Waals surface area contributed by atoms with Gasteiger partial charge < -0.3 is 15.0 Å². The fraction of sp³-hybridized carbons (Fsp3) is 0.778. The second-order valence-electron chi connectivity index (χ2n) is 3.66. The summed E-state index contributed by atoms with van der Waals surface area (Å²) in [6, 6.07) is -0.291. The Labute approximate surface area is 87.4 Å². The molecule has 0 bridgehead atoms. The van der Waals surface area contributed by atoms with E-state index >= 15 is 0 Å². The fourth-order valence-electron chi connectivity index (χ4n) is 2.10. The zero-order valence-corrected chi connectivity index (χ0v) is 8.92. The zero-order chi connectivity index (χ0) is 10.1. The van der Waals surface area contributed by atoms with Crippen LogP contribution in [0.25, 0.3) is 0 Å². The first-order valence-corrected chi connectivity index (χ1v) is 5.89. The number of nitrogens with one attached hydrogen (secondary N) is 1. The van der Waals surface area contributed by atoms with E-state index in [2.05, 4.69) is 5.32 Å². The summed E-state index contributed by atoms with van der Waals surface area (Å²) in [5.74, 6) is 0.849. The average molecular weight is 214 g/mol. The number of amides is 1. The van der Waals surface area contributed by atoms with Gasteiger partial charge in [0.05, 0.1) is 17.5 Å². The van der Waals surface area contributed by atoms with Crippen molar-refractivity contribution in [1.29, 1.82) is 0 Å². The Hall–Kier alpha value is -0.550. The van der Waals surface area contributed by atoms with Crippen molar-refractivity contribution in [2.24, 2.45) is 0 Å². The van der Waals surface area contributed by atoms with Gasteiger partial charge in [-0.3, -0.25) is 4.79 Å². The minimum absolute atomic E-state index is 0.0888. The number of piperidine rings is 1. The summed E-state index contributed by atoms with van der Waals surface area (Å²) in [7, 11) is 1.79. The van der Waals surface area contributed by atoms with Gasteiger partial charge in [-0.1, -0.05) is 0 Å². The first kappa shape index (κ1) is 9.98. The molecule has 0 spiro atoms. The van der Waals surface area contributed by atoms with Crippen LogP contribution in [0.2, 0.25) is 0 Å². The van der Waals surface area contributed by atoms with Gasteiger partial charge in [0.2, 0.25) is 5.91 Å². The van der Waals surface area contributed by atoms with Crippen LogP contribution in [0.1, 0.15) is 12.8 Å². The van der Waals surface area contributed by atoms with Crippen LogP contribution in [0.3, 0.4) is 0 Å². The molecule has 1 amide bonds. The molecule has 3 atom stereocenters. The average Bonchev–Trinajstić information content (AvgIpc) is 2.62. The summed E-state index contributed by atoms with van der Waals surface area (Å²) in [4.78, 5) is 24.4. The molecule has 0 aromatic carbocycles. The smallest absolute Gasteiger partial charge is 0.241 e. The highest BCUT2D eigenvalue weighted by Crippen LogP contribution is 2.35. The predicted octanol–water partition coefficient (Wildman–Crippen LogP) is -0.163. The summed E-state index contributed by atoms with van der Waals surface area (Å²) in [6.45, 7) is 0. The molecule has 2 saturated heterocycles. The highest BCUT2D eigenvalue weighted by Gasteiger charge is 2.43. The summed E-state index contributed by atoms with van der Waals surface area (Å²) >= 11 is 1.72. The lowest BCUT2D eigenvalue weighted by atomic mass is 10.0. The number of carbonyl (C=O) groups is 2. The Morgan fingerprint density at radius 3 is 3.00 bits per heavy atom. The SMILES string of the molecule is CN[C@@H]1CC[C@H]2SC[C@H](C=O)N2C1=O. The topological polar surface area (TPSA) is 49.4 Å².